The fraction of sp³-hybridized carbons (Fsp3) is 0.500. The Labute approximate surface area is 39.7 Å². The minimum atomic E-state index is 0. The van der Waals surface area contributed by atoms with Crippen molar-refractivity contribution in [3.63, 3.8) is 0 Å². The average molecular weight is 228 g/mol. The van der Waals surface area contributed by atoms with Crippen molar-refractivity contribution in [1.29, 1.82) is 0 Å². The summed E-state index contributed by atoms with van der Waals surface area (Å²) >= 11 is 0. The van der Waals surface area contributed by atoms with Gasteiger partial charge >= 0.3 is 0 Å². The zero-order chi connectivity index (χ0) is 2.71. The molecule has 0 saturated heterocycles. The third-order valence-corrected chi connectivity index (χ3v) is 0. The molecule has 0 fully saturated rings. The van der Waals surface area contributed by atoms with Gasteiger partial charge in [0.1, 0.15) is 6.29 Å². The summed E-state index contributed by atoms with van der Waals surface area (Å²) in [5.41, 5.74) is 0. The molecule has 0 aliphatic heterocycles. The molecular weight excluding hydrogens is 224 g/mol. The number of aldehydes is 1. The minimum Gasteiger partial charge on any atom is -0.304 e. The van der Waals surface area contributed by atoms with Crippen LogP contribution in [0.3, 0.4) is 0 Å². The van der Waals surface area contributed by atoms with Gasteiger partial charge in [0.25, 0.3) is 0 Å². The van der Waals surface area contributed by atoms with Crippen LogP contribution in [0.1, 0.15) is 6.92 Å². The Balaban J connectivity index is 0. The summed E-state index contributed by atoms with van der Waals surface area (Å²) in [7, 11) is 0. The fourth-order valence-electron chi connectivity index (χ4n) is 0. The van der Waals surface area contributed by atoms with E-state index in [0.717, 1.165) is 6.29 Å². The standard InChI is InChI=1S/C2H4O.W/c1-2-3;/h2H,1H3;. The zero-order valence-electron chi connectivity index (χ0n) is 2.39. The van der Waals surface area contributed by atoms with Gasteiger partial charge in [0.2, 0.25) is 0 Å². The molecule has 24 valence electrons. The zero-order valence-corrected chi connectivity index (χ0v) is 5.33. The fourth-order valence-corrected chi connectivity index (χ4v) is 0. The van der Waals surface area contributed by atoms with Gasteiger partial charge in [-0.15, -0.1) is 0 Å². The second-order valence-electron chi connectivity index (χ2n) is 0.236. The first kappa shape index (κ1) is 8.84. The van der Waals surface area contributed by atoms with Gasteiger partial charge in [-0.05, 0) is 6.92 Å². The SMILES string of the molecule is CC=O.[W]. The first-order valence-corrected chi connectivity index (χ1v) is 0.813. The molecule has 1 nitrogen and oxygen atoms in total. The van der Waals surface area contributed by atoms with Crippen LogP contribution in [0.5, 0.6) is 0 Å². The van der Waals surface area contributed by atoms with E-state index >= 15 is 0 Å². The van der Waals surface area contributed by atoms with E-state index in [1.165, 1.54) is 6.92 Å². The normalized spacial score (nSPS) is 3.25. The minimum absolute atomic E-state index is 0. The molecule has 0 aliphatic rings. The molecule has 0 radical (unpaired) electrons. The van der Waals surface area contributed by atoms with Crippen LogP contribution in [0.15, 0.2) is 0 Å². The summed E-state index contributed by atoms with van der Waals surface area (Å²) in [4.78, 5) is 8.81. The van der Waals surface area contributed by atoms with Gasteiger partial charge in [-0.2, -0.15) is 0 Å². The van der Waals surface area contributed by atoms with Crippen LogP contribution in [0.25, 0.3) is 0 Å². The van der Waals surface area contributed by atoms with Gasteiger partial charge in [0.15, 0.2) is 0 Å². The van der Waals surface area contributed by atoms with Crippen molar-refractivity contribution in [3.8, 4) is 0 Å². The monoisotopic (exact) mass is 228 g/mol. The molecule has 0 aliphatic carbocycles. The number of hydrogen-bond donors (Lipinski definition) is 0. The molecular formula is C2H4OW. The average Bonchev–Trinajstić information content (AvgIpc) is 0.918. The van der Waals surface area contributed by atoms with Crippen LogP contribution in [0.4, 0.5) is 0 Å². The Bertz CT molecular complexity index is 13.5. The number of carbonyl (C=O) groups excluding carboxylic acids is 1. The predicted octanol–water partition coefficient (Wildman–Crippen LogP) is 0.203. The van der Waals surface area contributed by atoms with Crippen molar-refractivity contribution < 1.29 is 25.9 Å². The third-order valence-electron chi connectivity index (χ3n) is 0. The Kier molecular flexibility index (Phi) is 22.4. The predicted molar refractivity (Wildman–Crippen MR) is 11.7 cm³/mol. The van der Waals surface area contributed by atoms with E-state index in [4.69, 9.17) is 4.79 Å². The van der Waals surface area contributed by atoms with E-state index in [9.17, 15) is 0 Å². The second-order valence-corrected chi connectivity index (χ2v) is 0.236. The summed E-state index contributed by atoms with van der Waals surface area (Å²) in [6, 6.07) is 0. The molecule has 0 saturated carbocycles. The molecule has 0 bridgehead atoms. The molecule has 0 unspecified atom stereocenters. The van der Waals surface area contributed by atoms with Crippen molar-refractivity contribution in [2.45, 2.75) is 6.92 Å². The van der Waals surface area contributed by atoms with E-state index in [1.54, 1.807) is 0 Å². The first-order chi connectivity index (χ1) is 1.41. The number of hydrogen-bond acceptors (Lipinski definition) is 1. The maximum atomic E-state index is 8.81. The van der Waals surface area contributed by atoms with Gasteiger partial charge in [-0.1, -0.05) is 0 Å². The molecule has 4 heavy (non-hydrogen) atoms. The van der Waals surface area contributed by atoms with Crippen molar-refractivity contribution in [1.82, 2.24) is 0 Å². The molecule has 0 aromatic rings. The van der Waals surface area contributed by atoms with E-state index < -0.39 is 0 Å². The van der Waals surface area contributed by atoms with Gasteiger partial charge in [0.05, 0.1) is 0 Å². The smallest absolute Gasteiger partial charge is 0.116 e. The summed E-state index contributed by atoms with van der Waals surface area (Å²) in [5, 5.41) is 0. The van der Waals surface area contributed by atoms with Crippen LogP contribution < -0.4 is 0 Å². The van der Waals surface area contributed by atoms with E-state index in [2.05, 4.69) is 0 Å². The van der Waals surface area contributed by atoms with E-state index in [-0.39, 0.29) is 21.1 Å². The molecule has 2 heteroatoms. The van der Waals surface area contributed by atoms with E-state index in [1.807, 2.05) is 0 Å². The molecule has 0 rings (SSSR count). The van der Waals surface area contributed by atoms with Gasteiger partial charge < -0.3 is 4.79 Å². The van der Waals surface area contributed by atoms with Crippen LogP contribution in [-0.2, 0) is 25.9 Å². The molecule has 0 atom stereocenters. The van der Waals surface area contributed by atoms with Crippen LogP contribution >= 0.6 is 0 Å². The van der Waals surface area contributed by atoms with Crippen LogP contribution in [0, 0.1) is 0 Å². The Morgan fingerprint density at radius 3 is 1.75 bits per heavy atom. The Morgan fingerprint density at radius 2 is 1.75 bits per heavy atom. The first-order valence-electron chi connectivity index (χ1n) is 0.813. The Hall–Kier alpha value is 0.358. The molecule has 0 heterocycles. The summed E-state index contributed by atoms with van der Waals surface area (Å²) in [5.74, 6) is 0. The van der Waals surface area contributed by atoms with Crippen LogP contribution in [-0.4, -0.2) is 6.29 Å². The van der Waals surface area contributed by atoms with Crippen molar-refractivity contribution in [3.05, 3.63) is 0 Å². The Morgan fingerprint density at radius 1 is 1.75 bits per heavy atom. The maximum Gasteiger partial charge on any atom is 0.116 e. The molecule has 0 spiro atoms. The molecule has 0 N–H and O–H groups in total. The summed E-state index contributed by atoms with van der Waals surface area (Å²) in [6.45, 7) is 1.44. The van der Waals surface area contributed by atoms with Crippen molar-refractivity contribution >= 4 is 6.29 Å². The van der Waals surface area contributed by atoms with E-state index in [0.29, 0.717) is 0 Å². The molecule has 0 aromatic carbocycles. The maximum absolute atomic E-state index is 8.81. The van der Waals surface area contributed by atoms with Crippen LogP contribution in [0.2, 0.25) is 0 Å². The van der Waals surface area contributed by atoms with Crippen molar-refractivity contribution in [2.75, 3.05) is 0 Å². The van der Waals surface area contributed by atoms with Crippen molar-refractivity contribution in [2.24, 2.45) is 0 Å². The third kappa shape index (κ3) is 33.9. The topological polar surface area (TPSA) is 17.1 Å². The van der Waals surface area contributed by atoms with Gasteiger partial charge in [-0.3, -0.25) is 0 Å². The second kappa shape index (κ2) is 10.1. The quantitative estimate of drug-likeness (QED) is 0.541. The molecule has 0 amide bonds. The van der Waals surface area contributed by atoms with Gasteiger partial charge in [0, 0.05) is 21.1 Å². The number of carbonyl (C=O) groups is 1. The summed E-state index contributed by atoms with van der Waals surface area (Å²) in [6.07, 6.45) is 0.750. The number of rotatable bonds is 0. The largest absolute Gasteiger partial charge is 0.304 e. The van der Waals surface area contributed by atoms with Gasteiger partial charge in [-0.25, -0.2) is 0 Å². The molecule has 0 aromatic heterocycles. The summed E-state index contributed by atoms with van der Waals surface area (Å²) < 4.78 is 0.